The Morgan fingerprint density at radius 2 is 2.29 bits per heavy atom. The molecule has 1 aromatic rings. The van der Waals surface area contributed by atoms with Crippen molar-refractivity contribution in [2.24, 2.45) is 0 Å². The maximum absolute atomic E-state index is 9.20. The van der Waals surface area contributed by atoms with E-state index in [0.717, 1.165) is 12.1 Å². The van der Waals surface area contributed by atoms with E-state index in [-0.39, 0.29) is 6.04 Å². The summed E-state index contributed by atoms with van der Waals surface area (Å²) in [6, 6.07) is 4.15. The number of hydrogen-bond donors (Lipinski definition) is 1. The fourth-order valence-electron chi connectivity index (χ4n) is 1.77. The topological polar surface area (TPSA) is 76.9 Å². The minimum atomic E-state index is -0.605. The molecule has 1 atom stereocenters. The predicted molar refractivity (Wildman–Crippen MR) is 66.5 cm³/mol. The molecule has 0 saturated heterocycles. The van der Waals surface area contributed by atoms with E-state index in [1.807, 2.05) is 18.5 Å². The highest BCUT2D eigenvalue weighted by molar-refractivity contribution is 5.36. The van der Waals surface area contributed by atoms with Crippen LogP contribution in [0.5, 0.6) is 0 Å². The van der Waals surface area contributed by atoms with Crippen LogP contribution in [0.3, 0.4) is 0 Å². The van der Waals surface area contributed by atoms with Crippen molar-refractivity contribution < 1.29 is 4.74 Å². The van der Waals surface area contributed by atoms with Crippen LogP contribution in [-0.4, -0.2) is 23.5 Å². The van der Waals surface area contributed by atoms with E-state index < -0.39 is 5.41 Å². The summed E-state index contributed by atoms with van der Waals surface area (Å²) in [4.78, 5) is 0. The molecule has 0 aliphatic rings. The maximum atomic E-state index is 9.20. The van der Waals surface area contributed by atoms with Gasteiger partial charge in [0, 0.05) is 13.2 Å². The summed E-state index contributed by atoms with van der Waals surface area (Å²) in [5.74, 6) is 0.442. The molecule has 5 nitrogen and oxygen atoms in total. The van der Waals surface area contributed by atoms with Gasteiger partial charge in [0.05, 0.1) is 29.8 Å². The van der Waals surface area contributed by atoms with Crippen molar-refractivity contribution in [3.8, 4) is 6.07 Å². The van der Waals surface area contributed by atoms with Gasteiger partial charge in [-0.3, -0.25) is 4.68 Å². The third-order valence-electron chi connectivity index (χ3n) is 2.85. The van der Waals surface area contributed by atoms with Crippen molar-refractivity contribution in [2.75, 3.05) is 19.5 Å². The average molecular weight is 236 g/mol. The highest BCUT2D eigenvalue weighted by atomic mass is 16.5. The van der Waals surface area contributed by atoms with E-state index >= 15 is 0 Å². The first kappa shape index (κ1) is 13.5. The third kappa shape index (κ3) is 2.77. The number of rotatable bonds is 5. The third-order valence-corrected chi connectivity index (χ3v) is 2.85. The van der Waals surface area contributed by atoms with Crippen molar-refractivity contribution in [2.45, 2.75) is 38.6 Å². The van der Waals surface area contributed by atoms with Gasteiger partial charge in [-0.2, -0.15) is 10.4 Å². The molecule has 0 fully saturated rings. The van der Waals surface area contributed by atoms with Crippen LogP contribution in [0.15, 0.2) is 6.07 Å². The first-order valence-electron chi connectivity index (χ1n) is 5.72. The molecule has 0 aromatic carbocycles. The zero-order valence-corrected chi connectivity index (χ0v) is 10.9. The lowest BCUT2D eigenvalue weighted by Crippen LogP contribution is -2.25. The Bertz CT molecular complexity index is 417. The first-order valence-corrected chi connectivity index (χ1v) is 5.72. The van der Waals surface area contributed by atoms with Crippen LogP contribution >= 0.6 is 0 Å². The molecule has 1 rings (SSSR count). The summed E-state index contributed by atoms with van der Waals surface area (Å²) in [7, 11) is 1.66. The van der Waals surface area contributed by atoms with Gasteiger partial charge in [0.2, 0.25) is 0 Å². The molecular formula is C12H20N4O. The van der Waals surface area contributed by atoms with Gasteiger partial charge in [-0.25, -0.2) is 0 Å². The lowest BCUT2D eigenvalue weighted by Gasteiger charge is -2.22. The zero-order chi connectivity index (χ0) is 13.1. The van der Waals surface area contributed by atoms with Crippen LogP contribution in [0.1, 0.15) is 38.9 Å². The zero-order valence-electron chi connectivity index (χ0n) is 10.9. The Labute approximate surface area is 102 Å². The van der Waals surface area contributed by atoms with E-state index in [4.69, 9.17) is 10.5 Å². The summed E-state index contributed by atoms with van der Waals surface area (Å²) >= 11 is 0. The fourth-order valence-corrected chi connectivity index (χ4v) is 1.77. The predicted octanol–water partition coefficient (Wildman–Crippen LogP) is 1.86. The van der Waals surface area contributed by atoms with Gasteiger partial charge >= 0.3 is 0 Å². The van der Waals surface area contributed by atoms with E-state index in [9.17, 15) is 5.26 Å². The first-order chi connectivity index (χ1) is 7.96. The SMILES string of the molecule is CCC(COC)n1nc(N)cc1C(C)(C)C#N. The van der Waals surface area contributed by atoms with Gasteiger partial charge in [-0.1, -0.05) is 6.92 Å². The minimum Gasteiger partial charge on any atom is -0.382 e. The van der Waals surface area contributed by atoms with Gasteiger partial charge in [-0.05, 0) is 20.3 Å². The molecule has 17 heavy (non-hydrogen) atoms. The molecule has 0 spiro atoms. The number of methoxy groups -OCH3 is 1. The van der Waals surface area contributed by atoms with Crippen LogP contribution in [0.25, 0.3) is 0 Å². The fraction of sp³-hybridized carbons (Fsp3) is 0.667. The molecule has 0 bridgehead atoms. The molecule has 5 heteroatoms. The number of anilines is 1. The molecule has 1 unspecified atom stereocenters. The van der Waals surface area contributed by atoms with Gasteiger partial charge in [0.15, 0.2) is 0 Å². The van der Waals surface area contributed by atoms with Crippen LogP contribution in [0.4, 0.5) is 5.82 Å². The number of nitrogen functional groups attached to an aromatic ring is 1. The molecule has 0 aliphatic carbocycles. The lowest BCUT2D eigenvalue weighted by atomic mass is 9.91. The van der Waals surface area contributed by atoms with Gasteiger partial charge in [-0.15, -0.1) is 0 Å². The van der Waals surface area contributed by atoms with E-state index in [2.05, 4.69) is 18.1 Å². The second-order valence-corrected chi connectivity index (χ2v) is 4.65. The monoisotopic (exact) mass is 236 g/mol. The number of nitrogens with zero attached hydrogens (tertiary/aromatic N) is 3. The normalized spacial score (nSPS) is 13.4. The van der Waals surface area contributed by atoms with Crippen LogP contribution in [0, 0.1) is 11.3 Å². The number of aromatic nitrogens is 2. The Kier molecular flexibility index (Phi) is 4.13. The molecule has 1 heterocycles. The lowest BCUT2D eigenvalue weighted by molar-refractivity contribution is 0.145. The van der Waals surface area contributed by atoms with Crippen molar-refractivity contribution >= 4 is 5.82 Å². The van der Waals surface area contributed by atoms with Crippen LogP contribution < -0.4 is 5.73 Å². The number of ether oxygens (including phenoxy) is 1. The van der Waals surface area contributed by atoms with E-state index in [1.165, 1.54) is 0 Å². The van der Waals surface area contributed by atoms with Gasteiger partial charge in [0.1, 0.15) is 5.82 Å². The molecule has 0 amide bonds. The number of nitrogens with two attached hydrogens (primary N) is 1. The van der Waals surface area contributed by atoms with E-state index in [1.54, 1.807) is 13.2 Å². The van der Waals surface area contributed by atoms with Crippen molar-refractivity contribution in [1.82, 2.24) is 9.78 Å². The molecule has 0 aliphatic heterocycles. The quantitative estimate of drug-likeness (QED) is 0.846. The molecule has 0 saturated carbocycles. The summed E-state index contributed by atoms with van der Waals surface area (Å²) in [5, 5.41) is 13.5. The number of hydrogen-bond acceptors (Lipinski definition) is 4. The Morgan fingerprint density at radius 1 is 1.65 bits per heavy atom. The standard InChI is InChI=1S/C12H20N4O/c1-5-9(7-17-4)16-10(6-11(14)15-16)12(2,3)8-13/h6,9H,5,7H2,1-4H3,(H2,14,15). The van der Waals surface area contributed by atoms with Crippen molar-refractivity contribution in [1.29, 1.82) is 5.26 Å². The van der Waals surface area contributed by atoms with Gasteiger partial charge < -0.3 is 10.5 Å². The Hall–Kier alpha value is -1.54. The minimum absolute atomic E-state index is 0.111. The molecule has 94 valence electrons. The molecule has 0 radical (unpaired) electrons. The van der Waals surface area contributed by atoms with Crippen molar-refractivity contribution in [3.63, 3.8) is 0 Å². The van der Waals surface area contributed by atoms with Gasteiger partial charge in [0.25, 0.3) is 0 Å². The summed E-state index contributed by atoms with van der Waals surface area (Å²) in [5.41, 5.74) is 5.97. The second-order valence-electron chi connectivity index (χ2n) is 4.65. The second kappa shape index (κ2) is 5.19. The Morgan fingerprint density at radius 3 is 2.76 bits per heavy atom. The summed E-state index contributed by atoms with van der Waals surface area (Å²) < 4.78 is 7.00. The number of nitriles is 1. The van der Waals surface area contributed by atoms with Crippen LogP contribution in [0.2, 0.25) is 0 Å². The maximum Gasteiger partial charge on any atom is 0.145 e. The van der Waals surface area contributed by atoms with Crippen LogP contribution in [-0.2, 0) is 10.2 Å². The average Bonchev–Trinajstić information content (AvgIpc) is 2.68. The summed E-state index contributed by atoms with van der Waals surface area (Å²) in [6.07, 6.45) is 0.878. The largest absolute Gasteiger partial charge is 0.382 e. The smallest absolute Gasteiger partial charge is 0.145 e. The highest BCUT2D eigenvalue weighted by Gasteiger charge is 2.28. The van der Waals surface area contributed by atoms with Crippen molar-refractivity contribution in [3.05, 3.63) is 11.8 Å². The Balaban J connectivity index is 3.20. The summed E-state index contributed by atoms with van der Waals surface area (Å²) in [6.45, 7) is 6.34. The van der Waals surface area contributed by atoms with E-state index in [0.29, 0.717) is 12.4 Å². The molecule has 1 aromatic heterocycles. The highest BCUT2D eigenvalue weighted by Crippen LogP contribution is 2.27. The molecule has 2 N–H and O–H groups in total. The molecular weight excluding hydrogens is 216 g/mol.